The molecule has 0 amide bonds. The molecule has 2 unspecified atom stereocenters. The second-order valence-electron chi connectivity index (χ2n) is 5.99. The van der Waals surface area contributed by atoms with Gasteiger partial charge in [-0.1, -0.05) is 37.3 Å². The molecular formula is C18H30N2O. The third-order valence-corrected chi connectivity index (χ3v) is 4.47. The summed E-state index contributed by atoms with van der Waals surface area (Å²) in [6.45, 7) is 6.60. The number of ether oxygens (including phenoxy) is 1. The van der Waals surface area contributed by atoms with Gasteiger partial charge < -0.3 is 10.1 Å². The van der Waals surface area contributed by atoms with E-state index < -0.39 is 0 Å². The van der Waals surface area contributed by atoms with Crippen LogP contribution in [-0.4, -0.2) is 44.3 Å². The average molecular weight is 290 g/mol. The first kappa shape index (κ1) is 16.5. The number of methoxy groups -OCH3 is 1. The van der Waals surface area contributed by atoms with Crippen LogP contribution in [0.1, 0.15) is 44.2 Å². The van der Waals surface area contributed by atoms with Crippen molar-refractivity contribution < 1.29 is 4.74 Å². The molecule has 1 aromatic carbocycles. The number of benzene rings is 1. The Balaban J connectivity index is 1.90. The summed E-state index contributed by atoms with van der Waals surface area (Å²) >= 11 is 0. The molecule has 1 saturated heterocycles. The molecule has 0 aromatic heterocycles. The van der Waals surface area contributed by atoms with Crippen molar-refractivity contribution in [1.29, 1.82) is 0 Å². The van der Waals surface area contributed by atoms with Gasteiger partial charge in [-0.25, -0.2) is 0 Å². The molecule has 1 aliphatic rings. The zero-order valence-electron chi connectivity index (χ0n) is 13.6. The highest BCUT2D eigenvalue weighted by molar-refractivity contribution is 5.20. The van der Waals surface area contributed by atoms with Crippen LogP contribution in [0.25, 0.3) is 0 Å². The molecule has 0 spiro atoms. The quantitative estimate of drug-likeness (QED) is 0.744. The van der Waals surface area contributed by atoms with Crippen molar-refractivity contribution in [3.8, 4) is 0 Å². The van der Waals surface area contributed by atoms with Gasteiger partial charge in [0.15, 0.2) is 0 Å². The van der Waals surface area contributed by atoms with Crippen molar-refractivity contribution in [2.75, 3.05) is 33.4 Å². The molecule has 3 heteroatoms. The van der Waals surface area contributed by atoms with Crippen LogP contribution in [0.15, 0.2) is 30.3 Å². The zero-order chi connectivity index (χ0) is 14.9. The number of unbranched alkanes of at least 4 members (excludes halogenated alkanes) is 2. The van der Waals surface area contributed by atoms with Gasteiger partial charge in [0.2, 0.25) is 0 Å². The average Bonchev–Trinajstić information content (AvgIpc) is 2.55. The topological polar surface area (TPSA) is 24.5 Å². The fourth-order valence-corrected chi connectivity index (χ4v) is 3.14. The van der Waals surface area contributed by atoms with Crippen LogP contribution >= 0.6 is 0 Å². The number of hydrogen-bond acceptors (Lipinski definition) is 3. The number of nitrogens with one attached hydrogen (secondary N) is 1. The lowest BCUT2D eigenvalue weighted by atomic mass is 9.99. The van der Waals surface area contributed by atoms with Crippen LogP contribution in [0.4, 0.5) is 0 Å². The van der Waals surface area contributed by atoms with Crippen LogP contribution < -0.4 is 5.32 Å². The molecule has 1 fully saturated rings. The maximum absolute atomic E-state index is 5.14. The number of piperazine rings is 1. The highest BCUT2D eigenvalue weighted by atomic mass is 16.5. The van der Waals surface area contributed by atoms with Crippen LogP contribution in [-0.2, 0) is 4.74 Å². The van der Waals surface area contributed by atoms with E-state index >= 15 is 0 Å². The molecule has 21 heavy (non-hydrogen) atoms. The summed E-state index contributed by atoms with van der Waals surface area (Å²) in [5.74, 6) is 0. The first-order chi connectivity index (χ1) is 10.3. The Hall–Kier alpha value is -0.900. The van der Waals surface area contributed by atoms with E-state index in [0.29, 0.717) is 12.1 Å². The van der Waals surface area contributed by atoms with E-state index in [9.17, 15) is 0 Å². The van der Waals surface area contributed by atoms with Gasteiger partial charge in [0, 0.05) is 38.9 Å². The summed E-state index contributed by atoms with van der Waals surface area (Å²) in [5.41, 5.74) is 1.44. The molecule has 3 nitrogen and oxygen atoms in total. The molecule has 0 aliphatic carbocycles. The fraction of sp³-hybridized carbons (Fsp3) is 0.667. The molecule has 1 aliphatic heterocycles. The Morgan fingerprint density at radius 3 is 2.71 bits per heavy atom. The lowest BCUT2D eigenvalue weighted by Crippen LogP contribution is -2.52. The smallest absolute Gasteiger partial charge is 0.0473 e. The van der Waals surface area contributed by atoms with E-state index in [4.69, 9.17) is 4.74 Å². The maximum atomic E-state index is 5.14. The van der Waals surface area contributed by atoms with Gasteiger partial charge in [0.1, 0.15) is 0 Å². The summed E-state index contributed by atoms with van der Waals surface area (Å²) in [5, 5.41) is 3.70. The van der Waals surface area contributed by atoms with E-state index in [1.54, 1.807) is 7.11 Å². The van der Waals surface area contributed by atoms with Crippen molar-refractivity contribution >= 4 is 0 Å². The van der Waals surface area contributed by atoms with E-state index in [1.165, 1.54) is 44.3 Å². The molecular weight excluding hydrogens is 260 g/mol. The van der Waals surface area contributed by atoms with Gasteiger partial charge in [0.05, 0.1) is 0 Å². The second-order valence-corrected chi connectivity index (χ2v) is 5.99. The highest BCUT2D eigenvalue weighted by Gasteiger charge is 2.27. The minimum Gasteiger partial charge on any atom is -0.385 e. The SMILES string of the molecule is CCC1CN(CCCCCOC)C(c2ccccc2)CN1. The predicted molar refractivity (Wildman–Crippen MR) is 88.6 cm³/mol. The van der Waals surface area contributed by atoms with Gasteiger partial charge in [-0.3, -0.25) is 4.90 Å². The van der Waals surface area contributed by atoms with Crippen LogP contribution in [0.2, 0.25) is 0 Å². The van der Waals surface area contributed by atoms with E-state index in [2.05, 4.69) is 47.5 Å². The van der Waals surface area contributed by atoms with Crippen LogP contribution in [0.3, 0.4) is 0 Å². The fourth-order valence-electron chi connectivity index (χ4n) is 3.14. The monoisotopic (exact) mass is 290 g/mol. The van der Waals surface area contributed by atoms with Crippen molar-refractivity contribution in [3.63, 3.8) is 0 Å². The minimum absolute atomic E-state index is 0.524. The van der Waals surface area contributed by atoms with E-state index in [0.717, 1.165) is 13.2 Å². The number of nitrogens with zero attached hydrogens (tertiary/aromatic N) is 1. The normalized spacial score (nSPS) is 23.3. The Morgan fingerprint density at radius 1 is 1.19 bits per heavy atom. The first-order valence-corrected chi connectivity index (χ1v) is 8.36. The molecule has 1 aromatic rings. The lowest BCUT2D eigenvalue weighted by Gasteiger charge is -2.40. The summed E-state index contributed by atoms with van der Waals surface area (Å²) in [7, 11) is 1.79. The number of rotatable bonds is 8. The molecule has 0 saturated carbocycles. The van der Waals surface area contributed by atoms with Gasteiger partial charge in [-0.15, -0.1) is 0 Å². The van der Waals surface area contributed by atoms with Crippen molar-refractivity contribution in [2.45, 2.75) is 44.7 Å². The maximum Gasteiger partial charge on any atom is 0.0473 e. The Morgan fingerprint density at radius 2 is 2.00 bits per heavy atom. The van der Waals surface area contributed by atoms with Crippen molar-refractivity contribution in [2.24, 2.45) is 0 Å². The summed E-state index contributed by atoms with van der Waals surface area (Å²) < 4.78 is 5.14. The molecule has 0 bridgehead atoms. The van der Waals surface area contributed by atoms with E-state index in [-0.39, 0.29) is 0 Å². The first-order valence-electron chi connectivity index (χ1n) is 8.36. The summed E-state index contributed by atoms with van der Waals surface area (Å²) in [6, 6.07) is 12.1. The van der Waals surface area contributed by atoms with Gasteiger partial charge in [0.25, 0.3) is 0 Å². The Labute approximate surface area is 129 Å². The molecule has 118 valence electrons. The molecule has 1 heterocycles. The second kappa shape index (κ2) is 9.19. The van der Waals surface area contributed by atoms with Gasteiger partial charge >= 0.3 is 0 Å². The molecule has 2 rings (SSSR count). The largest absolute Gasteiger partial charge is 0.385 e. The standard InChI is InChI=1S/C18H30N2O/c1-3-17-15-20(12-8-5-9-13-21-2)18(14-19-17)16-10-6-4-7-11-16/h4,6-7,10-11,17-19H,3,5,8-9,12-15H2,1-2H3. The number of hydrogen-bond donors (Lipinski definition) is 1. The molecule has 2 atom stereocenters. The van der Waals surface area contributed by atoms with Crippen LogP contribution in [0, 0.1) is 0 Å². The van der Waals surface area contributed by atoms with Crippen molar-refractivity contribution in [3.05, 3.63) is 35.9 Å². The van der Waals surface area contributed by atoms with Gasteiger partial charge in [-0.05, 0) is 37.8 Å². The third kappa shape index (κ3) is 5.10. The third-order valence-electron chi connectivity index (χ3n) is 4.47. The van der Waals surface area contributed by atoms with Crippen LogP contribution in [0.5, 0.6) is 0 Å². The Bertz CT molecular complexity index is 382. The zero-order valence-corrected chi connectivity index (χ0v) is 13.6. The predicted octanol–water partition coefficient (Wildman–Crippen LogP) is 3.23. The van der Waals surface area contributed by atoms with Gasteiger partial charge in [-0.2, -0.15) is 0 Å². The van der Waals surface area contributed by atoms with E-state index in [1.807, 2.05) is 0 Å². The summed E-state index contributed by atoms with van der Waals surface area (Å²) in [4.78, 5) is 2.67. The summed E-state index contributed by atoms with van der Waals surface area (Å²) in [6.07, 6.45) is 4.91. The molecule has 0 radical (unpaired) electrons. The Kier molecular flexibility index (Phi) is 7.20. The lowest BCUT2D eigenvalue weighted by molar-refractivity contribution is 0.124. The van der Waals surface area contributed by atoms with Crippen molar-refractivity contribution in [1.82, 2.24) is 10.2 Å². The highest BCUT2D eigenvalue weighted by Crippen LogP contribution is 2.24. The molecule has 1 N–H and O–H groups in total. The minimum atomic E-state index is 0.524.